The third-order valence-corrected chi connectivity index (χ3v) is 6.72. The van der Waals surface area contributed by atoms with Crippen molar-refractivity contribution in [2.75, 3.05) is 12.3 Å². The van der Waals surface area contributed by atoms with E-state index in [0.29, 0.717) is 28.7 Å². The number of nitrogens with zero attached hydrogens (tertiary/aromatic N) is 1. The summed E-state index contributed by atoms with van der Waals surface area (Å²) in [7, 11) is -1.33. The first-order valence-electron chi connectivity index (χ1n) is 7.15. The number of hydrogen-bond acceptors (Lipinski definition) is 3. The van der Waals surface area contributed by atoms with Gasteiger partial charge in [-0.15, -0.1) is 11.3 Å². The van der Waals surface area contributed by atoms with Crippen molar-refractivity contribution in [1.82, 2.24) is 4.90 Å². The lowest BCUT2D eigenvalue weighted by molar-refractivity contribution is -0.129. The van der Waals surface area contributed by atoms with E-state index in [-0.39, 0.29) is 17.4 Å². The number of amides is 1. The summed E-state index contributed by atoms with van der Waals surface area (Å²) >= 11 is 13.9. The number of carbonyl (C=O) groups excluding carboxylic acids is 1. The quantitative estimate of drug-likeness (QED) is 0.797. The van der Waals surface area contributed by atoms with Crippen molar-refractivity contribution >= 4 is 51.2 Å². The molecule has 7 heteroatoms. The Morgan fingerprint density at radius 3 is 2.74 bits per heavy atom. The zero-order valence-corrected chi connectivity index (χ0v) is 15.4. The molecule has 23 heavy (non-hydrogen) atoms. The first-order valence-corrected chi connectivity index (χ1v) is 10.3. The standard InChI is InChI=1S/C16H15Cl2NO2S2/c17-13-2-1-3-14(18)12(13)9-23(21)10-16(20)19-6-4-15-11(8-19)5-7-22-15/h1-3,5,7H,4,6,8-10H2/t23-/m1/s1. The van der Waals surface area contributed by atoms with Crippen LogP contribution in [0, 0.1) is 0 Å². The molecule has 0 saturated heterocycles. The number of halogens is 2. The van der Waals surface area contributed by atoms with Crippen LogP contribution in [0.3, 0.4) is 0 Å². The van der Waals surface area contributed by atoms with Gasteiger partial charge in [-0.05, 0) is 35.6 Å². The van der Waals surface area contributed by atoms with E-state index in [4.69, 9.17) is 23.2 Å². The molecule has 0 N–H and O–H groups in total. The minimum atomic E-state index is -1.33. The zero-order chi connectivity index (χ0) is 16.4. The van der Waals surface area contributed by atoms with Gasteiger partial charge in [0.2, 0.25) is 5.91 Å². The van der Waals surface area contributed by atoms with E-state index in [1.54, 1.807) is 34.4 Å². The van der Waals surface area contributed by atoms with Crippen LogP contribution in [0.2, 0.25) is 10.0 Å². The van der Waals surface area contributed by atoms with Crippen molar-refractivity contribution in [2.45, 2.75) is 18.7 Å². The molecule has 0 spiro atoms. The Kier molecular flexibility index (Phi) is 5.42. The molecule has 0 bridgehead atoms. The molecule has 3 nitrogen and oxygen atoms in total. The summed E-state index contributed by atoms with van der Waals surface area (Å²) in [6, 6.07) is 7.23. The molecule has 1 aliphatic heterocycles. The van der Waals surface area contributed by atoms with E-state index < -0.39 is 10.8 Å². The van der Waals surface area contributed by atoms with Crippen LogP contribution in [-0.2, 0) is 34.3 Å². The average molecular weight is 388 g/mol. The maximum atomic E-state index is 12.4. The number of carbonyl (C=O) groups is 1. The molecule has 0 aliphatic carbocycles. The molecule has 0 fully saturated rings. The fourth-order valence-electron chi connectivity index (χ4n) is 2.57. The maximum Gasteiger partial charge on any atom is 0.235 e. The minimum absolute atomic E-state index is 0.00101. The number of benzene rings is 1. The summed E-state index contributed by atoms with van der Waals surface area (Å²) in [5.41, 5.74) is 1.84. The number of fused-ring (bicyclic) bond motifs is 1. The summed E-state index contributed by atoms with van der Waals surface area (Å²) in [6.45, 7) is 1.30. The molecule has 1 atom stereocenters. The fourth-order valence-corrected chi connectivity index (χ4v) is 5.34. The summed E-state index contributed by atoms with van der Waals surface area (Å²) < 4.78 is 12.3. The SMILES string of the molecule is O=C(C[S@](=O)Cc1c(Cl)cccc1Cl)N1CCc2sccc2C1. The lowest BCUT2D eigenvalue weighted by atomic mass is 10.1. The van der Waals surface area contributed by atoms with Crippen LogP contribution in [0.5, 0.6) is 0 Å². The van der Waals surface area contributed by atoms with Crippen LogP contribution in [0.1, 0.15) is 16.0 Å². The number of hydrogen-bond donors (Lipinski definition) is 0. The smallest absolute Gasteiger partial charge is 0.235 e. The van der Waals surface area contributed by atoms with Gasteiger partial charge in [-0.2, -0.15) is 0 Å². The van der Waals surface area contributed by atoms with E-state index in [9.17, 15) is 9.00 Å². The van der Waals surface area contributed by atoms with E-state index in [1.807, 2.05) is 0 Å². The molecule has 3 rings (SSSR count). The molecule has 0 unspecified atom stereocenters. The zero-order valence-electron chi connectivity index (χ0n) is 12.3. The number of rotatable bonds is 4. The van der Waals surface area contributed by atoms with Gasteiger partial charge in [-0.1, -0.05) is 29.3 Å². The predicted octanol–water partition coefficient (Wildman–Crippen LogP) is 3.89. The molecule has 2 heterocycles. The van der Waals surface area contributed by atoms with E-state index in [1.165, 1.54) is 10.4 Å². The van der Waals surface area contributed by atoms with Crippen molar-refractivity contribution in [2.24, 2.45) is 0 Å². The Bertz CT molecular complexity index is 740. The van der Waals surface area contributed by atoms with Gasteiger partial charge in [0.15, 0.2) is 0 Å². The minimum Gasteiger partial charge on any atom is -0.337 e. The fraction of sp³-hybridized carbons (Fsp3) is 0.312. The molecule has 122 valence electrons. The van der Waals surface area contributed by atoms with Crippen molar-refractivity contribution in [3.63, 3.8) is 0 Å². The Morgan fingerprint density at radius 1 is 1.26 bits per heavy atom. The van der Waals surface area contributed by atoms with Crippen LogP contribution in [0.4, 0.5) is 0 Å². The van der Waals surface area contributed by atoms with Crippen LogP contribution in [0.15, 0.2) is 29.6 Å². The van der Waals surface area contributed by atoms with Gasteiger partial charge in [0.1, 0.15) is 5.75 Å². The van der Waals surface area contributed by atoms with Crippen molar-refractivity contribution in [3.05, 3.63) is 55.7 Å². The molecule has 1 amide bonds. The highest BCUT2D eigenvalue weighted by Crippen LogP contribution is 2.26. The highest BCUT2D eigenvalue weighted by Gasteiger charge is 2.23. The van der Waals surface area contributed by atoms with Gasteiger partial charge in [0.25, 0.3) is 0 Å². The molecule has 1 aromatic carbocycles. The molecule has 1 aromatic heterocycles. The lowest BCUT2D eigenvalue weighted by Gasteiger charge is -2.26. The summed E-state index contributed by atoms with van der Waals surface area (Å²) in [5.74, 6) is 0.117. The largest absolute Gasteiger partial charge is 0.337 e. The summed E-state index contributed by atoms with van der Waals surface area (Å²) in [6.07, 6.45) is 0.877. The van der Waals surface area contributed by atoms with Crippen LogP contribution in [0.25, 0.3) is 0 Å². The normalized spacial score (nSPS) is 15.3. The lowest BCUT2D eigenvalue weighted by Crippen LogP contribution is -2.38. The van der Waals surface area contributed by atoms with Crippen LogP contribution in [-0.4, -0.2) is 27.3 Å². The molecule has 2 aromatic rings. The van der Waals surface area contributed by atoms with Gasteiger partial charge in [-0.3, -0.25) is 9.00 Å². The topological polar surface area (TPSA) is 37.4 Å². The molecule has 0 saturated carbocycles. The van der Waals surface area contributed by atoms with Gasteiger partial charge >= 0.3 is 0 Å². The number of thiophene rings is 1. The highest BCUT2D eigenvalue weighted by atomic mass is 35.5. The third kappa shape index (κ3) is 3.97. The molecule has 0 radical (unpaired) electrons. The Labute approximate surface area is 151 Å². The third-order valence-electron chi connectivity index (χ3n) is 3.81. The van der Waals surface area contributed by atoms with Gasteiger partial charge in [0, 0.05) is 44.4 Å². The van der Waals surface area contributed by atoms with Crippen molar-refractivity contribution in [3.8, 4) is 0 Å². The molecular formula is C16H15Cl2NO2S2. The van der Waals surface area contributed by atoms with Crippen molar-refractivity contribution in [1.29, 1.82) is 0 Å². The summed E-state index contributed by atoms with van der Waals surface area (Å²) in [5, 5.41) is 3.02. The Balaban J connectivity index is 1.61. The maximum absolute atomic E-state index is 12.4. The van der Waals surface area contributed by atoms with Crippen LogP contribution < -0.4 is 0 Å². The monoisotopic (exact) mass is 387 g/mol. The predicted molar refractivity (Wildman–Crippen MR) is 96.6 cm³/mol. The van der Waals surface area contributed by atoms with Gasteiger partial charge in [-0.25, -0.2) is 0 Å². The Hall–Kier alpha value is -0.880. The first kappa shape index (κ1) is 17.0. The van der Waals surface area contributed by atoms with E-state index in [0.717, 1.165) is 6.42 Å². The van der Waals surface area contributed by atoms with E-state index in [2.05, 4.69) is 11.4 Å². The second kappa shape index (κ2) is 7.34. The van der Waals surface area contributed by atoms with Crippen LogP contribution >= 0.6 is 34.5 Å². The first-order chi connectivity index (χ1) is 11.0. The average Bonchev–Trinajstić information content (AvgIpc) is 2.98. The molecular weight excluding hydrogens is 373 g/mol. The Morgan fingerprint density at radius 2 is 2.00 bits per heavy atom. The second-order valence-electron chi connectivity index (χ2n) is 5.36. The van der Waals surface area contributed by atoms with E-state index >= 15 is 0 Å². The highest BCUT2D eigenvalue weighted by molar-refractivity contribution is 7.84. The van der Waals surface area contributed by atoms with Crippen molar-refractivity contribution < 1.29 is 9.00 Å². The van der Waals surface area contributed by atoms with Gasteiger partial charge in [0.05, 0.1) is 5.75 Å². The summed E-state index contributed by atoms with van der Waals surface area (Å²) in [4.78, 5) is 15.5. The van der Waals surface area contributed by atoms with Gasteiger partial charge < -0.3 is 4.90 Å². The molecule has 1 aliphatic rings. The second-order valence-corrected chi connectivity index (χ2v) is 8.64.